The summed E-state index contributed by atoms with van der Waals surface area (Å²) >= 11 is 0. The standard InChI is InChI=1S/C15H18F2N2O4/c1-14(7-10(21-3)8-19(14)2)13(20)18-9-4-5-11-12(6-9)23-15(16,17)22-11/h4-6,10H,7-8H2,1-3H3,(H,18,20). The number of carbonyl (C=O) groups is 1. The Morgan fingerprint density at radius 3 is 2.74 bits per heavy atom. The third kappa shape index (κ3) is 2.84. The number of methoxy groups -OCH3 is 1. The molecule has 8 heteroatoms. The van der Waals surface area contributed by atoms with Gasteiger partial charge in [0.05, 0.1) is 6.10 Å². The van der Waals surface area contributed by atoms with Crippen molar-refractivity contribution in [2.75, 3.05) is 26.0 Å². The SMILES string of the molecule is COC1CN(C)C(C)(C(=O)Nc2ccc3c(c2)OC(F)(F)O3)C1. The zero-order valence-corrected chi connectivity index (χ0v) is 13.1. The van der Waals surface area contributed by atoms with E-state index in [2.05, 4.69) is 14.8 Å². The molecule has 0 aromatic heterocycles. The van der Waals surface area contributed by atoms with Gasteiger partial charge < -0.3 is 19.5 Å². The molecule has 0 radical (unpaired) electrons. The molecule has 0 spiro atoms. The predicted molar refractivity (Wildman–Crippen MR) is 77.7 cm³/mol. The van der Waals surface area contributed by atoms with E-state index in [-0.39, 0.29) is 23.5 Å². The number of rotatable bonds is 3. The number of likely N-dealkylation sites (N-methyl/N-ethyl adjacent to an activating group) is 1. The van der Waals surface area contributed by atoms with Gasteiger partial charge in [0.2, 0.25) is 5.91 Å². The Labute approximate surface area is 132 Å². The number of benzene rings is 1. The van der Waals surface area contributed by atoms with Gasteiger partial charge in [0, 0.05) is 31.8 Å². The van der Waals surface area contributed by atoms with Crippen LogP contribution in [0.15, 0.2) is 18.2 Å². The highest BCUT2D eigenvalue weighted by atomic mass is 19.3. The number of carbonyl (C=O) groups excluding carboxylic acids is 1. The number of hydrogen-bond acceptors (Lipinski definition) is 5. The number of halogens is 2. The first kappa shape index (κ1) is 15.9. The lowest BCUT2D eigenvalue weighted by molar-refractivity contribution is -0.286. The van der Waals surface area contributed by atoms with Crippen LogP contribution in [0.1, 0.15) is 13.3 Å². The van der Waals surface area contributed by atoms with E-state index >= 15 is 0 Å². The minimum atomic E-state index is -3.67. The van der Waals surface area contributed by atoms with Crippen molar-refractivity contribution in [3.05, 3.63) is 18.2 Å². The van der Waals surface area contributed by atoms with Gasteiger partial charge in [-0.3, -0.25) is 9.69 Å². The van der Waals surface area contributed by atoms with Crippen molar-refractivity contribution in [2.24, 2.45) is 0 Å². The van der Waals surface area contributed by atoms with E-state index in [1.54, 1.807) is 7.11 Å². The zero-order chi connectivity index (χ0) is 16.8. The van der Waals surface area contributed by atoms with Gasteiger partial charge in [0.25, 0.3) is 0 Å². The molecule has 23 heavy (non-hydrogen) atoms. The highest BCUT2D eigenvalue weighted by molar-refractivity contribution is 5.98. The number of hydrogen-bond donors (Lipinski definition) is 1. The van der Waals surface area contributed by atoms with Crippen LogP contribution >= 0.6 is 0 Å². The molecule has 6 nitrogen and oxygen atoms in total. The molecule has 126 valence electrons. The van der Waals surface area contributed by atoms with Crippen molar-refractivity contribution in [1.29, 1.82) is 0 Å². The average molecular weight is 328 g/mol. The van der Waals surface area contributed by atoms with Gasteiger partial charge in [-0.05, 0) is 26.1 Å². The maximum absolute atomic E-state index is 13.0. The number of nitrogens with zero attached hydrogens (tertiary/aromatic N) is 1. The number of fused-ring (bicyclic) bond motifs is 1. The lowest BCUT2D eigenvalue weighted by Gasteiger charge is -2.30. The fourth-order valence-electron chi connectivity index (χ4n) is 2.89. The summed E-state index contributed by atoms with van der Waals surface area (Å²) in [6, 6.07) is 4.15. The second-order valence-electron chi connectivity index (χ2n) is 6.00. The third-order valence-electron chi connectivity index (χ3n) is 4.43. The highest BCUT2D eigenvalue weighted by Crippen LogP contribution is 2.42. The van der Waals surface area contributed by atoms with Gasteiger partial charge >= 0.3 is 6.29 Å². The second kappa shape index (κ2) is 5.31. The molecule has 2 aliphatic rings. The van der Waals surface area contributed by atoms with Crippen LogP contribution in [-0.2, 0) is 9.53 Å². The molecule has 1 aromatic carbocycles. The monoisotopic (exact) mass is 328 g/mol. The van der Waals surface area contributed by atoms with Gasteiger partial charge in [-0.2, -0.15) is 0 Å². The molecule has 1 saturated heterocycles. The molecule has 2 atom stereocenters. The summed E-state index contributed by atoms with van der Waals surface area (Å²) in [6.45, 7) is 2.47. The molecule has 3 rings (SSSR count). The van der Waals surface area contributed by atoms with Gasteiger partial charge in [0.15, 0.2) is 11.5 Å². The average Bonchev–Trinajstić information content (AvgIpc) is 2.94. The molecule has 1 N–H and O–H groups in total. The van der Waals surface area contributed by atoms with Gasteiger partial charge in [-0.1, -0.05) is 0 Å². The van der Waals surface area contributed by atoms with Crippen LogP contribution in [0.3, 0.4) is 0 Å². The topological polar surface area (TPSA) is 60.0 Å². The number of alkyl halides is 2. The van der Waals surface area contributed by atoms with Crippen molar-refractivity contribution in [1.82, 2.24) is 4.90 Å². The number of anilines is 1. The quantitative estimate of drug-likeness (QED) is 0.920. The lowest BCUT2D eigenvalue weighted by Crippen LogP contribution is -2.48. The van der Waals surface area contributed by atoms with Gasteiger partial charge in [-0.25, -0.2) is 0 Å². The first-order chi connectivity index (χ1) is 10.7. The minimum Gasteiger partial charge on any atom is -0.395 e. The number of amides is 1. The molecule has 2 heterocycles. The summed E-state index contributed by atoms with van der Waals surface area (Å²) < 4.78 is 40.1. The normalized spacial score (nSPS) is 28.8. The van der Waals surface area contributed by atoms with Crippen LogP contribution in [0.2, 0.25) is 0 Å². The van der Waals surface area contributed by atoms with Crippen molar-refractivity contribution in [2.45, 2.75) is 31.3 Å². The number of likely N-dealkylation sites (tertiary alicyclic amines) is 1. The van der Waals surface area contributed by atoms with E-state index in [0.717, 1.165) is 0 Å². The Kier molecular flexibility index (Phi) is 3.68. The van der Waals surface area contributed by atoms with Crippen LogP contribution in [0.25, 0.3) is 0 Å². The first-order valence-corrected chi connectivity index (χ1v) is 7.19. The minimum absolute atomic E-state index is 0.0220. The largest absolute Gasteiger partial charge is 0.586 e. The summed E-state index contributed by atoms with van der Waals surface area (Å²) in [5, 5.41) is 2.74. The van der Waals surface area contributed by atoms with E-state index in [9.17, 15) is 13.6 Å². The Bertz CT molecular complexity index is 640. The Balaban J connectivity index is 1.74. The molecule has 1 fully saturated rings. The predicted octanol–water partition coefficient (Wildman–Crippen LogP) is 2.06. The lowest BCUT2D eigenvalue weighted by atomic mass is 9.97. The van der Waals surface area contributed by atoms with E-state index in [1.807, 2.05) is 18.9 Å². The molecule has 2 aliphatic heterocycles. The highest BCUT2D eigenvalue weighted by Gasteiger charge is 2.46. The maximum atomic E-state index is 13.0. The summed E-state index contributed by atoms with van der Waals surface area (Å²) in [7, 11) is 3.46. The van der Waals surface area contributed by atoms with Crippen LogP contribution in [0.5, 0.6) is 11.5 Å². The molecule has 0 saturated carbocycles. The van der Waals surface area contributed by atoms with E-state index in [4.69, 9.17) is 4.74 Å². The Morgan fingerprint density at radius 2 is 2.09 bits per heavy atom. The van der Waals surface area contributed by atoms with Gasteiger partial charge in [0.1, 0.15) is 5.54 Å². The van der Waals surface area contributed by atoms with E-state index in [0.29, 0.717) is 18.7 Å². The van der Waals surface area contributed by atoms with Crippen LogP contribution in [-0.4, -0.2) is 49.4 Å². The second-order valence-corrected chi connectivity index (χ2v) is 6.00. The number of ether oxygens (including phenoxy) is 3. The van der Waals surface area contributed by atoms with Crippen LogP contribution in [0, 0.1) is 0 Å². The fraction of sp³-hybridized carbons (Fsp3) is 0.533. The molecule has 2 unspecified atom stereocenters. The Morgan fingerprint density at radius 1 is 1.39 bits per heavy atom. The van der Waals surface area contributed by atoms with Crippen molar-refractivity contribution in [3.63, 3.8) is 0 Å². The Hall–Kier alpha value is -1.93. The summed E-state index contributed by atoms with van der Waals surface area (Å²) in [5.41, 5.74) is -0.369. The van der Waals surface area contributed by atoms with Crippen molar-refractivity contribution >= 4 is 11.6 Å². The molecule has 0 bridgehead atoms. The first-order valence-electron chi connectivity index (χ1n) is 7.19. The smallest absolute Gasteiger partial charge is 0.395 e. The van der Waals surface area contributed by atoms with Crippen LogP contribution in [0.4, 0.5) is 14.5 Å². The third-order valence-corrected chi connectivity index (χ3v) is 4.43. The maximum Gasteiger partial charge on any atom is 0.586 e. The van der Waals surface area contributed by atoms with E-state index in [1.165, 1.54) is 18.2 Å². The van der Waals surface area contributed by atoms with Crippen molar-refractivity contribution in [3.8, 4) is 11.5 Å². The number of nitrogens with one attached hydrogen (secondary N) is 1. The molecule has 1 amide bonds. The van der Waals surface area contributed by atoms with Crippen molar-refractivity contribution < 1.29 is 27.8 Å². The molecule has 0 aliphatic carbocycles. The summed E-state index contributed by atoms with van der Waals surface area (Å²) in [5.74, 6) is -0.394. The summed E-state index contributed by atoms with van der Waals surface area (Å²) in [6.07, 6.45) is -3.14. The van der Waals surface area contributed by atoms with Gasteiger partial charge in [-0.15, -0.1) is 8.78 Å². The molecular weight excluding hydrogens is 310 g/mol. The molecule has 1 aromatic rings. The molecular formula is C15H18F2N2O4. The van der Waals surface area contributed by atoms with Crippen LogP contribution < -0.4 is 14.8 Å². The fourth-order valence-corrected chi connectivity index (χ4v) is 2.89. The van der Waals surface area contributed by atoms with E-state index < -0.39 is 11.8 Å². The summed E-state index contributed by atoms with van der Waals surface area (Å²) in [4.78, 5) is 14.5. The zero-order valence-electron chi connectivity index (χ0n) is 13.1.